The molecule has 4 atom stereocenters. The standard InChI is InChI=1S/C13H14FN3O4/c14-9-10(19)8(5-18)21-12(9)17-7-4-2-1-3-6(7)11(15)16-13(17)20/h1-4,8-10,12,18-19H,5H2,(H2,15,16,20)/t8-,9-,10-,12-/m1/s1. The third kappa shape index (κ3) is 2.08. The Morgan fingerprint density at radius 3 is 2.81 bits per heavy atom. The van der Waals surface area contributed by atoms with E-state index >= 15 is 0 Å². The van der Waals surface area contributed by atoms with Crippen molar-refractivity contribution >= 4 is 16.7 Å². The van der Waals surface area contributed by atoms with E-state index in [1.165, 1.54) is 0 Å². The number of halogens is 1. The molecule has 8 heteroatoms. The Kier molecular flexibility index (Phi) is 3.36. The maximum absolute atomic E-state index is 14.2. The first-order chi connectivity index (χ1) is 10.0. The number of fused-ring (bicyclic) bond motifs is 1. The molecule has 1 aromatic carbocycles. The molecule has 7 nitrogen and oxygen atoms in total. The van der Waals surface area contributed by atoms with Crippen molar-refractivity contribution in [2.24, 2.45) is 0 Å². The lowest BCUT2D eigenvalue weighted by atomic mass is 10.1. The molecule has 0 radical (unpaired) electrons. The van der Waals surface area contributed by atoms with Crippen LogP contribution < -0.4 is 11.4 Å². The Hall–Kier alpha value is -2.03. The van der Waals surface area contributed by atoms with Crippen molar-refractivity contribution in [1.82, 2.24) is 9.55 Å². The molecule has 0 spiro atoms. The number of nitrogens with zero attached hydrogens (tertiary/aromatic N) is 2. The fourth-order valence-corrected chi connectivity index (χ4v) is 2.53. The summed E-state index contributed by atoms with van der Waals surface area (Å²) in [5, 5.41) is 19.2. The summed E-state index contributed by atoms with van der Waals surface area (Å²) in [5.41, 5.74) is 5.27. The van der Waals surface area contributed by atoms with Gasteiger partial charge in [-0.25, -0.2) is 9.18 Å². The smallest absolute Gasteiger partial charge is 0.352 e. The minimum absolute atomic E-state index is 0.0412. The lowest BCUT2D eigenvalue weighted by molar-refractivity contribution is -0.0472. The Balaban J connectivity index is 2.20. The van der Waals surface area contributed by atoms with Gasteiger partial charge in [-0.1, -0.05) is 12.1 Å². The fourth-order valence-electron chi connectivity index (χ4n) is 2.53. The molecule has 1 aliphatic rings. The summed E-state index contributed by atoms with van der Waals surface area (Å²) in [6.07, 6.45) is -5.81. The number of aromatic nitrogens is 2. The van der Waals surface area contributed by atoms with Crippen LogP contribution in [0.5, 0.6) is 0 Å². The Labute approximate surface area is 118 Å². The number of hydrogen-bond donors (Lipinski definition) is 3. The van der Waals surface area contributed by atoms with E-state index < -0.39 is 36.9 Å². The largest absolute Gasteiger partial charge is 0.394 e. The minimum atomic E-state index is -1.85. The van der Waals surface area contributed by atoms with Gasteiger partial charge in [-0.2, -0.15) is 4.98 Å². The van der Waals surface area contributed by atoms with E-state index in [4.69, 9.17) is 15.6 Å². The summed E-state index contributed by atoms with van der Waals surface area (Å²) in [4.78, 5) is 15.7. The molecule has 1 aromatic heterocycles. The molecule has 0 saturated carbocycles. The number of rotatable bonds is 2. The molecule has 1 saturated heterocycles. The summed E-state index contributed by atoms with van der Waals surface area (Å²) in [5.74, 6) is 0.0412. The van der Waals surface area contributed by atoms with Gasteiger partial charge in [-0.3, -0.25) is 4.57 Å². The highest BCUT2D eigenvalue weighted by Gasteiger charge is 2.45. The molecule has 2 aromatic rings. The van der Waals surface area contributed by atoms with Crippen molar-refractivity contribution in [3.63, 3.8) is 0 Å². The highest BCUT2D eigenvalue weighted by molar-refractivity contribution is 5.88. The van der Waals surface area contributed by atoms with Gasteiger partial charge in [0.15, 0.2) is 12.4 Å². The molecule has 2 heterocycles. The maximum atomic E-state index is 14.2. The van der Waals surface area contributed by atoms with Crippen molar-refractivity contribution in [3.05, 3.63) is 34.7 Å². The van der Waals surface area contributed by atoms with E-state index in [1.54, 1.807) is 24.3 Å². The van der Waals surface area contributed by atoms with E-state index in [9.17, 15) is 14.3 Å². The van der Waals surface area contributed by atoms with E-state index in [-0.39, 0.29) is 5.82 Å². The van der Waals surface area contributed by atoms with Crippen molar-refractivity contribution in [1.29, 1.82) is 0 Å². The highest BCUT2D eigenvalue weighted by Crippen LogP contribution is 2.33. The van der Waals surface area contributed by atoms with Gasteiger partial charge >= 0.3 is 5.69 Å². The second-order valence-electron chi connectivity index (χ2n) is 4.85. The molecule has 1 fully saturated rings. The summed E-state index contributed by atoms with van der Waals surface area (Å²) in [7, 11) is 0. The van der Waals surface area contributed by atoms with Crippen LogP contribution in [0.2, 0.25) is 0 Å². The van der Waals surface area contributed by atoms with E-state index in [0.29, 0.717) is 10.9 Å². The first kappa shape index (κ1) is 13.9. The van der Waals surface area contributed by atoms with Gasteiger partial charge in [-0.05, 0) is 12.1 Å². The SMILES string of the molecule is Nc1nc(=O)n([C@@H]2O[C@H](CO)[C@@H](O)[C@H]2F)c2ccccc12. The molecule has 4 N–H and O–H groups in total. The average Bonchev–Trinajstić information content (AvgIpc) is 2.75. The molecule has 0 amide bonds. The van der Waals surface area contributed by atoms with Gasteiger partial charge in [0.2, 0.25) is 0 Å². The van der Waals surface area contributed by atoms with Crippen LogP contribution in [0, 0.1) is 0 Å². The normalized spacial score (nSPS) is 29.1. The zero-order valence-electron chi connectivity index (χ0n) is 10.9. The predicted molar refractivity (Wildman–Crippen MR) is 72.3 cm³/mol. The third-order valence-electron chi connectivity index (χ3n) is 3.59. The number of hydrogen-bond acceptors (Lipinski definition) is 6. The number of anilines is 1. The fraction of sp³-hybridized carbons (Fsp3) is 0.385. The number of para-hydroxylation sites is 1. The minimum Gasteiger partial charge on any atom is -0.394 e. The maximum Gasteiger partial charge on any atom is 0.352 e. The first-order valence-corrected chi connectivity index (χ1v) is 6.40. The van der Waals surface area contributed by atoms with Crippen LogP contribution in [0.25, 0.3) is 10.9 Å². The van der Waals surface area contributed by atoms with E-state index in [1.807, 2.05) is 0 Å². The average molecular weight is 295 g/mol. The summed E-state index contributed by atoms with van der Waals surface area (Å²) in [6.45, 7) is -0.548. The zero-order chi connectivity index (χ0) is 15.1. The number of alkyl halides is 1. The summed E-state index contributed by atoms with van der Waals surface area (Å²) >= 11 is 0. The van der Waals surface area contributed by atoms with Gasteiger partial charge in [0.05, 0.1) is 12.1 Å². The molecule has 0 bridgehead atoms. The van der Waals surface area contributed by atoms with E-state index in [2.05, 4.69) is 4.98 Å². The second kappa shape index (κ2) is 5.06. The summed E-state index contributed by atoms with van der Waals surface area (Å²) < 4.78 is 20.5. The predicted octanol–water partition coefficient (Wildman–Crippen LogP) is -0.433. The third-order valence-corrected chi connectivity index (χ3v) is 3.59. The first-order valence-electron chi connectivity index (χ1n) is 6.40. The van der Waals surface area contributed by atoms with Crippen LogP contribution in [0.15, 0.2) is 29.1 Å². The topological polar surface area (TPSA) is 111 Å². The number of nitrogen functional groups attached to an aromatic ring is 1. The van der Waals surface area contributed by atoms with Crippen LogP contribution in [0.4, 0.5) is 10.2 Å². The van der Waals surface area contributed by atoms with Crippen molar-refractivity contribution in [2.45, 2.75) is 24.6 Å². The highest BCUT2D eigenvalue weighted by atomic mass is 19.1. The van der Waals surface area contributed by atoms with Gasteiger partial charge in [-0.15, -0.1) is 0 Å². The number of benzene rings is 1. The lowest BCUT2D eigenvalue weighted by Crippen LogP contribution is -2.34. The van der Waals surface area contributed by atoms with Gasteiger partial charge < -0.3 is 20.7 Å². The Morgan fingerprint density at radius 2 is 2.14 bits per heavy atom. The van der Waals surface area contributed by atoms with Gasteiger partial charge in [0.25, 0.3) is 0 Å². The second-order valence-corrected chi connectivity index (χ2v) is 4.85. The lowest BCUT2D eigenvalue weighted by Gasteiger charge is -2.18. The quantitative estimate of drug-likeness (QED) is 0.693. The van der Waals surface area contributed by atoms with E-state index in [0.717, 1.165) is 4.57 Å². The molecule has 0 unspecified atom stereocenters. The number of aliphatic hydroxyl groups is 2. The van der Waals surface area contributed by atoms with Crippen molar-refractivity contribution in [3.8, 4) is 0 Å². The van der Waals surface area contributed by atoms with Crippen molar-refractivity contribution in [2.75, 3.05) is 12.3 Å². The molecule has 0 aliphatic carbocycles. The number of aliphatic hydroxyl groups excluding tert-OH is 2. The van der Waals surface area contributed by atoms with Crippen LogP contribution in [-0.2, 0) is 4.74 Å². The van der Waals surface area contributed by atoms with Gasteiger partial charge in [0, 0.05) is 5.39 Å². The molecular formula is C13H14FN3O4. The Bertz CT molecular complexity index is 735. The Morgan fingerprint density at radius 1 is 1.43 bits per heavy atom. The number of nitrogens with two attached hydrogens (primary N) is 1. The van der Waals surface area contributed by atoms with Gasteiger partial charge in [0.1, 0.15) is 18.0 Å². The molecule has 112 valence electrons. The molecule has 21 heavy (non-hydrogen) atoms. The monoisotopic (exact) mass is 295 g/mol. The van der Waals surface area contributed by atoms with Crippen molar-refractivity contribution < 1.29 is 19.3 Å². The van der Waals surface area contributed by atoms with Crippen LogP contribution in [0.1, 0.15) is 6.23 Å². The van der Waals surface area contributed by atoms with Crippen LogP contribution in [0.3, 0.4) is 0 Å². The van der Waals surface area contributed by atoms with Crippen LogP contribution in [-0.4, -0.2) is 44.8 Å². The molecular weight excluding hydrogens is 281 g/mol. The zero-order valence-corrected chi connectivity index (χ0v) is 10.9. The molecule has 1 aliphatic heterocycles. The number of ether oxygens (including phenoxy) is 1. The van der Waals surface area contributed by atoms with Crippen LogP contribution >= 0.6 is 0 Å². The summed E-state index contributed by atoms with van der Waals surface area (Å²) in [6, 6.07) is 6.61. The molecule has 3 rings (SSSR count).